The molecule has 0 saturated heterocycles. The Labute approximate surface area is 122 Å². The predicted octanol–water partition coefficient (Wildman–Crippen LogP) is 3.65. The highest BCUT2D eigenvalue weighted by Gasteiger charge is 2.26. The quantitative estimate of drug-likeness (QED) is 0.855. The summed E-state index contributed by atoms with van der Waals surface area (Å²) in [7, 11) is 0. The van der Waals surface area contributed by atoms with Crippen molar-refractivity contribution in [1.29, 1.82) is 0 Å². The number of hydrogen-bond acceptors (Lipinski definition) is 3. The van der Waals surface area contributed by atoms with E-state index in [0.717, 1.165) is 12.8 Å². The second kappa shape index (κ2) is 6.22. The topological polar surface area (TPSA) is 63.9 Å². The number of aromatic nitrogens is 2. The van der Waals surface area contributed by atoms with E-state index < -0.39 is 12.2 Å². The van der Waals surface area contributed by atoms with Gasteiger partial charge in [-0.1, -0.05) is 26.0 Å². The van der Waals surface area contributed by atoms with Gasteiger partial charge in [0.1, 0.15) is 11.6 Å². The van der Waals surface area contributed by atoms with Crippen molar-refractivity contribution in [2.75, 3.05) is 0 Å². The van der Waals surface area contributed by atoms with Gasteiger partial charge in [0.25, 0.3) is 0 Å². The van der Waals surface area contributed by atoms with E-state index in [0.29, 0.717) is 17.1 Å². The van der Waals surface area contributed by atoms with E-state index in [1.807, 2.05) is 13.8 Å². The maximum atomic E-state index is 12.5. The standard InChI is InChI=1S/C15H19F2N3O/c1-3-15(18,4-2)13-19-9-11(20-13)10-7-5-6-8-12(10)21-14(16)17/h5-9,14H,3-4,18H2,1-2H3,(H,19,20). The van der Waals surface area contributed by atoms with E-state index in [9.17, 15) is 8.78 Å². The zero-order valence-electron chi connectivity index (χ0n) is 12.1. The number of hydrogen-bond donors (Lipinski definition) is 2. The van der Waals surface area contributed by atoms with Gasteiger partial charge in [0, 0.05) is 5.56 Å². The summed E-state index contributed by atoms with van der Waals surface area (Å²) in [5.74, 6) is 0.757. The summed E-state index contributed by atoms with van der Waals surface area (Å²) in [6.45, 7) is 1.10. The Kier molecular flexibility index (Phi) is 4.57. The van der Waals surface area contributed by atoms with Crippen LogP contribution in [-0.4, -0.2) is 16.6 Å². The molecule has 0 amide bonds. The average molecular weight is 295 g/mol. The Hall–Kier alpha value is -1.95. The van der Waals surface area contributed by atoms with Crippen molar-refractivity contribution in [2.45, 2.75) is 38.8 Å². The predicted molar refractivity (Wildman–Crippen MR) is 77.1 cm³/mol. The highest BCUT2D eigenvalue weighted by Crippen LogP contribution is 2.32. The number of ether oxygens (including phenoxy) is 1. The highest BCUT2D eigenvalue weighted by molar-refractivity contribution is 5.66. The van der Waals surface area contributed by atoms with Crippen LogP contribution in [-0.2, 0) is 5.54 Å². The lowest BCUT2D eigenvalue weighted by atomic mass is 9.93. The smallest absolute Gasteiger partial charge is 0.387 e. The zero-order chi connectivity index (χ0) is 15.5. The lowest BCUT2D eigenvalue weighted by Gasteiger charge is -2.23. The van der Waals surface area contributed by atoms with Crippen molar-refractivity contribution in [2.24, 2.45) is 5.73 Å². The molecule has 0 spiro atoms. The number of benzene rings is 1. The monoisotopic (exact) mass is 295 g/mol. The molecule has 21 heavy (non-hydrogen) atoms. The van der Waals surface area contributed by atoms with Crippen molar-refractivity contribution in [3.8, 4) is 17.0 Å². The first-order chi connectivity index (χ1) is 10.00. The van der Waals surface area contributed by atoms with Crippen LogP contribution in [0.2, 0.25) is 0 Å². The van der Waals surface area contributed by atoms with Gasteiger partial charge < -0.3 is 15.5 Å². The maximum absolute atomic E-state index is 12.5. The summed E-state index contributed by atoms with van der Waals surface area (Å²) in [5, 5.41) is 0. The first-order valence-corrected chi connectivity index (χ1v) is 6.88. The molecule has 2 aromatic rings. The molecule has 0 atom stereocenters. The third-order valence-corrected chi connectivity index (χ3v) is 3.70. The van der Waals surface area contributed by atoms with Crippen LogP contribution in [0.3, 0.4) is 0 Å². The SMILES string of the molecule is CCC(N)(CC)c1ncc(-c2ccccc2OC(F)F)[nH]1. The summed E-state index contributed by atoms with van der Waals surface area (Å²) in [6.07, 6.45) is 3.05. The molecule has 0 saturated carbocycles. The van der Waals surface area contributed by atoms with Gasteiger partial charge in [-0.05, 0) is 25.0 Å². The number of nitrogens with one attached hydrogen (secondary N) is 1. The minimum atomic E-state index is -2.87. The van der Waals surface area contributed by atoms with Gasteiger partial charge in [-0.2, -0.15) is 8.78 Å². The minimum Gasteiger partial charge on any atom is -0.434 e. The lowest BCUT2D eigenvalue weighted by molar-refractivity contribution is -0.0494. The van der Waals surface area contributed by atoms with Gasteiger partial charge in [-0.15, -0.1) is 0 Å². The molecule has 4 nitrogen and oxygen atoms in total. The largest absolute Gasteiger partial charge is 0.434 e. The van der Waals surface area contributed by atoms with Crippen molar-refractivity contribution < 1.29 is 13.5 Å². The van der Waals surface area contributed by atoms with Crippen molar-refractivity contribution in [3.63, 3.8) is 0 Å². The van der Waals surface area contributed by atoms with E-state index in [-0.39, 0.29) is 5.75 Å². The van der Waals surface area contributed by atoms with Gasteiger partial charge in [-0.25, -0.2) is 4.98 Å². The molecule has 0 aliphatic carbocycles. The number of para-hydroxylation sites is 1. The fraction of sp³-hybridized carbons (Fsp3) is 0.400. The third-order valence-electron chi connectivity index (χ3n) is 3.70. The summed E-state index contributed by atoms with van der Waals surface area (Å²) < 4.78 is 29.4. The van der Waals surface area contributed by atoms with Gasteiger partial charge in [0.05, 0.1) is 17.4 Å². The molecular weight excluding hydrogens is 276 g/mol. The second-order valence-corrected chi connectivity index (χ2v) is 4.88. The molecule has 3 N–H and O–H groups in total. The van der Waals surface area contributed by atoms with Crippen LogP contribution in [0.1, 0.15) is 32.5 Å². The summed E-state index contributed by atoms with van der Waals surface area (Å²) >= 11 is 0. The Bertz CT molecular complexity index is 594. The van der Waals surface area contributed by atoms with Crippen LogP contribution in [0.25, 0.3) is 11.3 Å². The van der Waals surface area contributed by atoms with Crippen LogP contribution < -0.4 is 10.5 Å². The third kappa shape index (κ3) is 3.21. The molecule has 0 aliphatic rings. The van der Waals surface area contributed by atoms with Crippen LogP contribution >= 0.6 is 0 Å². The molecule has 0 radical (unpaired) electrons. The Morgan fingerprint density at radius 2 is 1.95 bits per heavy atom. The van der Waals surface area contributed by atoms with E-state index >= 15 is 0 Å². The fourth-order valence-corrected chi connectivity index (χ4v) is 2.18. The Morgan fingerprint density at radius 1 is 1.29 bits per heavy atom. The number of imidazole rings is 1. The molecule has 2 rings (SSSR count). The molecule has 0 fully saturated rings. The summed E-state index contributed by atoms with van der Waals surface area (Å²) in [6, 6.07) is 6.59. The number of halogens is 2. The first-order valence-electron chi connectivity index (χ1n) is 6.88. The number of alkyl halides is 2. The van der Waals surface area contributed by atoms with E-state index in [2.05, 4.69) is 14.7 Å². The van der Waals surface area contributed by atoms with E-state index in [1.165, 1.54) is 6.07 Å². The molecule has 6 heteroatoms. The van der Waals surface area contributed by atoms with Crippen LogP contribution in [0.5, 0.6) is 5.75 Å². The van der Waals surface area contributed by atoms with Gasteiger partial charge in [-0.3, -0.25) is 0 Å². The molecule has 1 aromatic heterocycles. The van der Waals surface area contributed by atoms with Crippen LogP contribution in [0.15, 0.2) is 30.5 Å². The Morgan fingerprint density at radius 3 is 2.57 bits per heavy atom. The van der Waals surface area contributed by atoms with Crippen LogP contribution in [0, 0.1) is 0 Å². The lowest BCUT2D eigenvalue weighted by Crippen LogP contribution is -2.36. The number of nitrogens with two attached hydrogens (primary N) is 1. The maximum Gasteiger partial charge on any atom is 0.387 e. The van der Waals surface area contributed by atoms with Crippen molar-refractivity contribution in [1.82, 2.24) is 9.97 Å². The van der Waals surface area contributed by atoms with Gasteiger partial charge in [0.2, 0.25) is 0 Å². The summed E-state index contributed by atoms with van der Waals surface area (Å²) in [4.78, 5) is 7.43. The number of H-pyrrole nitrogens is 1. The molecule has 0 aliphatic heterocycles. The van der Waals surface area contributed by atoms with Gasteiger partial charge in [0.15, 0.2) is 0 Å². The van der Waals surface area contributed by atoms with E-state index in [1.54, 1.807) is 24.4 Å². The molecule has 114 valence electrons. The average Bonchev–Trinajstić information content (AvgIpc) is 2.96. The normalized spacial score (nSPS) is 11.9. The number of aromatic amines is 1. The molecule has 0 bridgehead atoms. The molecule has 1 aromatic carbocycles. The van der Waals surface area contributed by atoms with E-state index in [4.69, 9.17) is 5.73 Å². The fourth-order valence-electron chi connectivity index (χ4n) is 2.18. The van der Waals surface area contributed by atoms with Crippen LogP contribution in [0.4, 0.5) is 8.78 Å². The summed E-state index contributed by atoms with van der Waals surface area (Å²) in [5.41, 5.74) is 6.88. The second-order valence-electron chi connectivity index (χ2n) is 4.88. The van der Waals surface area contributed by atoms with Crippen molar-refractivity contribution >= 4 is 0 Å². The molecule has 0 unspecified atom stereocenters. The zero-order valence-corrected chi connectivity index (χ0v) is 12.1. The minimum absolute atomic E-state index is 0.110. The van der Waals surface area contributed by atoms with Gasteiger partial charge >= 0.3 is 6.61 Å². The molecule has 1 heterocycles. The number of rotatable bonds is 6. The first kappa shape index (κ1) is 15.4. The number of nitrogens with zero attached hydrogens (tertiary/aromatic N) is 1. The van der Waals surface area contributed by atoms with Crippen molar-refractivity contribution in [3.05, 3.63) is 36.3 Å². The Balaban J connectivity index is 2.38. The highest BCUT2D eigenvalue weighted by atomic mass is 19.3. The molecular formula is C15H19F2N3O.